The molecule has 0 spiro atoms. The fraction of sp³-hybridized carbons (Fsp3) is 0.273. The first-order valence-corrected chi connectivity index (χ1v) is 4.49. The zero-order valence-corrected chi connectivity index (χ0v) is 8.98. The van der Waals surface area contributed by atoms with Crippen LogP contribution in [-0.2, 0) is 6.42 Å². The van der Waals surface area contributed by atoms with Crippen molar-refractivity contribution in [1.82, 2.24) is 0 Å². The third kappa shape index (κ3) is 2.23. The van der Waals surface area contributed by atoms with Crippen molar-refractivity contribution < 1.29 is 19.4 Å². The minimum absolute atomic E-state index is 0.0159. The normalized spacial score (nSPS) is 9.31. The summed E-state index contributed by atoms with van der Waals surface area (Å²) in [7, 11) is 2.88. The number of carboxylic acids is 1. The number of nitriles is 1. The number of aromatic carboxylic acids is 1. The van der Waals surface area contributed by atoms with Gasteiger partial charge in [-0.05, 0) is 17.7 Å². The van der Waals surface area contributed by atoms with Crippen molar-refractivity contribution in [2.75, 3.05) is 14.2 Å². The predicted molar refractivity (Wildman–Crippen MR) is 55.8 cm³/mol. The van der Waals surface area contributed by atoms with Crippen LogP contribution in [0, 0.1) is 11.3 Å². The van der Waals surface area contributed by atoms with Gasteiger partial charge in [-0.1, -0.05) is 0 Å². The molecule has 0 unspecified atom stereocenters. The average Bonchev–Trinajstić information content (AvgIpc) is 2.28. The summed E-state index contributed by atoms with van der Waals surface area (Å²) < 4.78 is 10.0. The third-order valence-electron chi connectivity index (χ3n) is 2.11. The number of carbonyl (C=O) groups is 1. The molecule has 1 N–H and O–H groups in total. The van der Waals surface area contributed by atoms with Gasteiger partial charge in [-0.2, -0.15) is 5.26 Å². The van der Waals surface area contributed by atoms with E-state index in [-0.39, 0.29) is 12.0 Å². The Hall–Kier alpha value is -2.22. The minimum Gasteiger partial charge on any atom is -0.493 e. The number of methoxy groups -OCH3 is 2. The molecule has 1 aromatic rings. The van der Waals surface area contributed by atoms with Crippen LogP contribution in [0.1, 0.15) is 15.9 Å². The number of hydrogen-bond acceptors (Lipinski definition) is 4. The molecule has 0 bridgehead atoms. The van der Waals surface area contributed by atoms with Crippen LogP contribution >= 0.6 is 0 Å². The first-order chi connectivity index (χ1) is 7.63. The van der Waals surface area contributed by atoms with Crippen molar-refractivity contribution in [2.45, 2.75) is 6.42 Å². The highest BCUT2D eigenvalue weighted by molar-refractivity contribution is 5.90. The molecule has 0 heterocycles. The summed E-state index contributed by atoms with van der Waals surface area (Å²) in [5.74, 6) is -0.342. The zero-order chi connectivity index (χ0) is 12.1. The van der Waals surface area contributed by atoms with E-state index in [1.807, 2.05) is 6.07 Å². The maximum atomic E-state index is 11.0. The molecule has 0 aliphatic rings. The highest BCUT2D eigenvalue weighted by Gasteiger charge is 2.15. The molecule has 1 aromatic carbocycles. The Labute approximate surface area is 92.8 Å². The standard InChI is InChI=1S/C11H11NO4/c1-15-9-5-7(3-4-12)8(11(13)14)6-10(9)16-2/h5-6H,3H2,1-2H3,(H,13,14). The molecule has 0 aromatic heterocycles. The minimum atomic E-state index is -1.09. The van der Waals surface area contributed by atoms with Gasteiger partial charge in [0.15, 0.2) is 11.5 Å². The first-order valence-electron chi connectivity index (χ1n) is 4.49. The lowest BCUT2D eigenvalue weighted by molar-refractivity contribution is 0.0695. The molecule has 1 rings (SSSR count). The molecule has 0 saturated carbocycles. The van der Waals surface area contributed by atoms with E-state index in [0.29, 0.717) is 17.1 Å². The summed E-state index contributed by atoms with van der Waals surface area (Å²) in [6, 6.07) is 4.77. The molecule has 5 heteroatoms. The summed E-state index contributed by atoms with van der Waals surface area (Å²) in [5, 5.41) is 17.6. The quantitative estimate of drug-likeness (QED) is 0.832. The monoisotopic (exact) mass is 221 g/mol. The van der Waals surface area contributed by atoms with Gasteiger partial charge in [0.05, 0.1) is 32.3 Å². The van der Waals surface area contributed by atoms with E-state index in [1.165, 1.54) is 26.4 Å². The third-order valence-corrected chi connectivity index (χ3v) is 2.11. The molecule has 0 saturated heterocycles. The van der Waals surface area contributed by atoms with Gasteiger partial charge >= 0.3 is 5.97 Å². The van der Waals surface area contributed by atoms with Crippen molar-refractivity contribution in [2.24, 2.45) is 0 Å². The van der Waals surface area contributed by atoms with Gasteiger partial charge in [-0.3, -0.25) is 0 Å². The predicted octanol–water partition coefficient (Wildman–Crippen LogP) is 1.47. The van der Waals surface area contributed by atoms with Crippen molar-refractivity contribution in [3.8, 4) is 17.6 Å². The number of nitrogens with zero attached hydrogens (tertiary/aromatic N) is 1. The smallest absolute Gasteiger partial charge is 0.336 e. The Kier molecular flexibility index (Phi) is 3.72. The van der Waals surface area contributed by atoms with Crippen LogP contribution in [0.5, 0.6) is 11.5 Å². The number of rotatable bonds is 4. The second-order valence-electron chi connectivity index (χ2n) is 3.00. The first kappa shape index (κ1) is 11.9. The Bertz CT molecular complexity index is 448. The van der Waals surface area contributed by atoms with E-state index in [0.717, 1.165) is 0 Å². The lowest BCUT2D eigenvalue weighted by Gasteiger charge is -2.10. The van der Waals surface area contributed by atoms with Crippen molar-refractivity contribution in [3.05, 3.63) is 23.3 Å². The van der Waals surface area contributed by atoms with E-state index < -0.39 is 5.97 Å². The molecule has 0 aliphatic carbocycles. The van der Waals surface area contributed by atoms with Crippen molar-refractivity contribution in [3.63, 3.8) is 0 Å². The number of carboxylic acid groups (broad SMARTS) is 1. The molecule has 0 fully saturated rings. The van der Waals surface area contributed by atoms with Crippen LogP contribution in [0.25, 0.3) is 0 Å². The molecule has 16 heavy (non-hydrogen) atoms. The lowest BCUT2D eigenvalue weighted by atomic mass is 10.0. The number of benzene rings is 1. The molecule has 0 amide bonds. The van der Waals surface area contributed by atoms with Crippen LogP contribution in [0.15, 0.2) is 12.1 Å². The van der Waals surface area contributed by atoms with Gasteiger partial charge in [0.1, 0.15) is 0 Å². The van der Waals surface area contributed by atoms with Crippen LogP contribution in [-0.4, -0.2) is 25.3 Å². The van der Waals surface area contributed by atoms with Gasteiger partial charge in [-0.25, -0.2) is 4.79 Å². The van der Waals surface area contributed by atoms with E-state index in [2.05, 4.69) is 0 Å². The topological polar surface area (TPSA) is 79.5 Å². The lowest BCUT2D eigenvalue weighted by Crippen LogP contribution is -2.04. The second kappa shape index (κ2) is 5.03. The summed E-state index contributed by atoms with van der Waals surface area (Å²) in [6.07, 6.45) is 0.0159. The van der Waals surface area contributed by atoms with E-state index in [9.17, 15) is 4.79 Å². The molecule has 84 valence electrons. The Morgan fingerprint density at radius 3 is 2.38 bits per heavy atom. The second-order valence-corrected chi connectivity index (χ2v) is 3.00. The van der Waals surface area contributed by atoms with E-state index >= 15 is 0 Å². The Morgan fingerprint density at radius 1 is 1.38 bits per heavy atom. The van der Waals surface area contributed by atoms with Gasteiger partial charge in [0.2, 0.25) is 0 Å². The van der Waals surface area contributed by atoms with Gasteiger partial charge in [0, 0.05) is 0 Å². The van der Waals surface area contributed by atoms with Crippen molar-refractivity contribution in [1.29, 1.82) is 5.26 Å². The summed E-state index contributed by atoms with van der Waals surface area (Å²) >= 11 is 0. The Balaban J connectivity index is 3.36. The van der Waals surface area contributed by atoms with E-state index in [4.69, 9.17) is 19.8 Å². The maximum Gasteiger partial charge on any atom is 0.336 e. The van der Waals surface area contributed by atoms with Crippen molar-refractivity contribution >= 4 is 5.97 Å². The van der Waals surface area contributed by atoms with E-state index in [1.54, 1.807) is 0 Å². The molecular formula is C11H11NO4. The average molecular weight is 221 g/mol. The number of ether oxygens (including phenoxy) is 2. The van der Waals surface area contributed by atoms with Gasteiger partial charge < -0.3 is 14.6 Å². The van der Waals surface area contributed by atoms with Crippen LogP contribution in [0.4, 0.5) is 0 Å². The maximum absolute atomic E-state index is 11.0. The molecule has 5 nitrogen and oxygen atoms in total. The summed E-state index contributed by atoms with van der Waals surface area (Å²) in [5.41, 5.74) is 0.465. The number of hydrogen-bond donors (Lipinski definition) is 1. The highest BCUT2D eigenvalue weighted by atomic mass is 16.5. The summed E-state index contributed by atoms with van der Waals surface area (Å²) in [4.78, 5) is 11.0. The molecular weight excluding hydrogens is 210 g/mol. The van der Waals surface area contributed by atoms with Gasteiger partial charge in [-0.15, -0.1) is 0 Å². The SMILES string of the molecule is COc1cc(CC#N)c(C(=O)O)cc1OC. The van der Waals surface area contributed by atoms with Crippen LogP contribution < -0.4 is 9.47 Å². The fourth-order valence-corrected chi connectivity index (χ4v) is 1.35. The molecule has 0 atom stereocenters. The fourth-order valence-electron chi connectivity index (χ4n) is 1.35. The zero-order valence-electron chi connectivity index (χ0n) is 8.98. The summed E-state index contributed by atoms with van der Waals surface area (Å²) in [6.45, 7) is 0. The Morgan fingerprint density at radius 2 is 1.94 bits per heavy atom. The van der Waals surface area contributed by atoms with Gasteiger partial charge in [0.25, 0.3) is 0 Å². The largest absolute Gasteiger partial charge is 0.493 e. The molecule has 0 aliphatic heterocycles. The van der Waals surface area contributed by atoms with Crippen LogP contribution in [0.3, 0.4) is 0 Å². The molecule has 0 radical (unpaired) electrons. The highest BCUT2D eigenvalue weighted by Crippen LogP contribution is 2.30. The van der Waals surface area contributed by atoms with Crippen LogP contribution in [0.2, 0.25) is 0 Å².